The van der Waals surface area contributed by atoms with Crippen LogP contribution in [0.3, 0.4) is 0 Å². The van der Waals surface area contributed by atoms with Gasteiger partial charge in [0.05, 0.1) is 13.5 Å². The molecule has 7 heteroatoms. The summed E-state index contributed by atoms with van der Waals surface area (Å²) in [6.07, 6.45) is -0.302. The Morgan fingerprint density at radius 2 is 1.91 bits per heavy atom. The molecule has 1 rings (SSSR count). The van der Waals surface area contributed by atoms with E-state index < -0.39 is 29.5 Å². The standard InChI is InChI=1S/C16H20BrNO5/c1-16(2,3)23-13(19)9-12(15(21)22-4)18-14(20)10-6-5-7-11(17)8-10/h5-8,12H,9H2,1-4H3,(H,18,20)/t12-/m0/s1. The van der Waals surface area contributed by atoms with Crippen LogP contribution in [0.1, 0.15) is 37.6 Å². The van der Waals surface area contributed by atoms with E-state index in [0.29, 0.717) is 5.56 Å². The molecule has 1 N–H and O–H groups in total. The minimum Gasteiger partial charge on any atom is -0.467 e. The predicted octanol–water partition coefficient (Wildman–Crippen LogP) is 2.45. The number of amides is 1. The molecule has 0 aromatic heterocycles. The van der Waals surface area contributed by atoms with Gasteiger partial charge >= 0.3 is 11.9 Å². The number of hydrogen-bond acceptors (Lipinski definition) is 5. The normalized spacial score (nSPS) is 12.2. The van der Waals surface area contributed by atoms with Gasteiger partial charge in [0.25, 0.3) is 5.91 Å². The molecule has 1 aromatic rings. The van der Waals surface area contributed by atoms with Crippen LogP contribution in [0.15, 0.2) is 28.7 Å². The summed E-state index contributed by atoms with van der Waals surface area (Å²) in [5.74, 6) is -1.79. The van der Waals surface area contributed by atoms with Crippen molar-refractivity contribution in [3.05, 3.63) is 34.3 Å². The van der Waals surface area contributed by atoms with Gasteiger partial charge in [0.2, 0.25) is 0 Å². The Balaban J connectivity index is 2.81. The maximum Gasteiger partial charge on any atom is 0.328 e. The Kier molecular flexibility index (Phi) is 6.75. The number of rotatable bonds is 5. The summed E-state index contributed by atoms with van der Waals surface area (Å²) in [6, 6.07) is 5.57. The summed E-state index contributed by atoms with van der Waals surface area (Å²) in [7, 11) is 1.19. The Labute approximate surface area is 143 Å². The molecule has 1 amide bonds. The molecule has 0 saturated heterocycles. The maximum atomic E-state index is 12.2. The first-order valence-electron chi connectivity index (χ1n) is 6.98. The van der Waals surface area contributed by atoms with Gasteiger partial charge in [0, 0.05) is 10.0 Å². The minimum absolute atomic E-state index is 0.302. The van der Waals surface area contributed by atoms with Crippen LogP contribution >= 0.6 is 15.9 Å². The van der Waals surface area contributed by atoms with Crippen molar-refractivity contribution >= 4 is 33.8 Å². The molecule has 6 nitrogen and oxygen atoms in total. The Hall–Kier alpha value is -1.89. The lowest BCUT2D eigenvalue weighted by molar-refractivity contribution is -0.158. The molecule has 0 aliphatic rings. The highest BCUT2D eigenvalue weighted by Crippen LogP contribution is 2.13. The highest BCUT2D eigenvalue weighted by Gasteiger charge is 2.28. The fourth-order valence-corrected chi connectivity index (χ4v) is 2.16. The quantitative estimate of drug-likeness (QED) is 0.787. The van der Waals surface area contributed by atoms with Gasteiger partial charge in [0.15, 0.2) is 0 Å². The second-order valence-corrected chi connectivity index (χ2v) is 6.77. The molecular weight excluding hydrogens is 366 g/mol. The zero-order valence-electron chi connectivity index (χ0n) is 13.5. The lowest BCUT2D eigenvalue weighted by atomic mass is 10.1. The van der Waals surface area contributed by atoms with E-state index in [2.05, 4.69) is 26.0 Å². The van der Waals surface area contributed by atoms with E-state index in [4.69, 9.17) is 4.74 Å². The Morgan fingerprint density at radius 1 is 1.26 bits per heavy atom. The first-order chi connectivity index (χ1) is 10.6. The summed E-state index contributed by atoms with van der Waals surface area (Å²) < 4.78 is 10.5. The third-order valence-corrected chi connectivity index (χ3v) is 3.16. The highest BCUT2D eigenvalue weighted by molar-refractivity contribution is 9.10. The summed E-state index contributed by atoms with van der Waals surface area (Å²) >= 11 is 3.27. The average molecular weight is 386 g/mol. The van der Waals surface area contributed by atoms with Crippen molar-refractivity contribution in [1.82, 2.24) is 5.32 Å². The topological polar surface area (TPSA) is 81.7 Å². The average Bonchev–Trinajstić information content (AvgIpc) is 2.43. The molecule has 0 aliphatic heterocycles. The van der Waals surface area contributed by atoms with E-state index in [1.165, 1.54) is 7.11 Å². The largest absolute Gasteiger partial charge is 0.467 e. The smallest absolute Gasteiger partial charge is 0.328 e. The van der Waals surface area contributed by atoms with Crippen LogP contribution in [-0.4, -0.2) is 36.6 Å². The summed E-state index contributed by atoms with van der Waals surface area (Å²) in [5.41, 5.74) is -0.316. The van der Waals surface area contributed by atoms with Crippen molar-refractivity contribution in [2.45, 2.75) is 38.8 Å². The molecule has 23 heavy (non-hydrogen) atoms. The van der Waals surface area contributed by atoms with Crippen LogP contribution in [0.5, 0.6) is 0 Å². The summed E-state index contributed by atoms with van der Waals surface area (Å²) in [6.45, 7) is 5.16. The molecule has 0 bridgehead atoms. The molecule has 0 heterocycles. The van der Waals surface area contributed by atoms with Crippen molar-refractivity contribution in [2.24, 2.45) is 0 Å². The van der Waals surface area contributed by atoms with E-state index in [0.717, 1.165) is 4.47 Å². The molecule has 0 fully saturated rings. The van der Waals surface area contributed by atoms with Gasteiger partial charge in [-0.05, 0) is 39.0 Å². The Morgan fingerprint density at radius 3 is 2.43 bits per heavy atom. The molecule has 1 aromatic carbocycles. The SMILES string of the molecule is COC(=O)[C@H](CC(=O)OC(C)(C)C)NC(=O)c1cccc(Br)c1. The number of halogens is 1. The second kappa shape index (κ2) is 8.10. The van der Waals surface area contributed by atoms with Crippen LogP contribution in [0.2, 0.25) is 0 Å². The number of carbonyl (C=O) groups excluding carboxylic acids is 3. The Bertz CT molecular complexity index is 594. The minimum atomic E-state index is -1.11. The van der Waals surface area contributed by atoms with Crippen molar-refractivity contribution in [3.8, 4) is 0 Å². The molecule has 0 saturated carbocycles. The summed E-state index contributed by atoms with van der Waals surface area (Å²) in [4.78, 5) is 35.9. The van der Waals surface area contributed by atoms with Crippen LogP contribution in [0.4, 0.5) is 0 Å². The number of methoxy groups -OCH3 is 1. The van der Waals surface area contributed by atoms with Crippen molar-refractivity contribution in [1.29, 1.82) is 0 Å². The summed E-state index contributed by atoms with van der Waals surface area (Å²) in [5, 5.41) is 2.49. The molecule has 126 valence electrons. The zero-order valence-corrected chi connectivity index (χ0v) is 15.1. The predicted molar refractivity (Wildman–Crippen MR) is 87.9 cm³/mol. The van der Waals surface area contributed by atoms with E-state index in [9.17, 15) is 14.4 Å². The van der Waals surface area contributed by atoms with Crippen molar-refractivity contribution < 1.29 is 23.9 Å². The third-order valence-electron chi connectivity index (χ3n) is 2.67. The number of nitrogens with one attached hydrogen (secondary N) is 1. The lowest BCUT2D eigenvalue weighted by Gasteiger charge is -2.22. The highest BCUT2D eigenvalue weighted by atomic mass is 79.9. The van der Waals surface area contributed by atoms with Crippen molar-refractivity contribution in [2.75, 3.05) is 7.11 Å². The number of esters is 2. The monoisotopic (exact) mass is 385 g/mol. The second-order valence-electron chi connectivity index (χ2n) is 5.85. The van der Waals surface area contributed by atoms with Crippen LogP contribution < -0.4 is 5.32 Å². The van der Waals surface area contributed by atoms with Crippen molar-refractivity contribution in [3.63, 3.8) is 0 Å². The number of benzene rings is 1. The molecule has 0 spiro atoms. The van der Waals surface area contributed by atoms with Crippen LogP contribution in [0.25, 0.3) is 0 Å². The van der Waals surface area contributed by atoms with Gasteiger partial charge in [0.1, 0.15) is 11.6 Å². The number of ether oxygens (including phenoxy) is 2. The first kappa shape index (κ1) is 19.2. The van der Waals surface area contributed by atoms with Gasteiger partial charge in [-0.25, -0.2) is 4.79 Å². The van der Waals surface area contributed by atoms with Gasteiger partial charge < -0.3 is 14.8 Å². The molecular formula is C16H20BrNO5. The molecule has 0 radical (unpaired) electrons. The fraction of sp³-hybridized carbons (Fsp3) is 0.438. The zero-order chi connectivity index (χ0) is 17.6. The maximum absolute atomic E-state index is 12.2. The van der Waals surface area contributed by atoms with E-state index in [1.54, 1.807) is 45.0 Å². The van der Waals surface area contributed by atoms with E-state index in [1.807, 2.05) is 0 Å². The van der Waals surface area contributed by atoms with Gasteiger partial charge in [-0.2, -0.15) is 0 Å². The van der Waals surface area contributed by atoms with Gasteiger partial charge in [-0.1, -0.05) is 22.0 Å². The van der Waals surface area contributed by atoms with Gasteiger partial charge in [-0.3, -0.25) is 9.59 Å². The van der Waals surface area contributed by atoms with Crippen LogP contribution in [0, 0.1) is 0 Å². The number of hydrogen-bond donors (Lipinski definition) is 1. The fourth-order valence-electron chi connectivity index (χ4n) is 1.76. The molecule has 0 unspecified atom stereocenters. The molecule has 0 aliphatic carbocycles. The van der Waals surface area contributed by atoms with Crippen LogP contribution in [-0.2, 0) is 19.1 Å². The van der Waals surface area contributed by atoms with Gasteiger partial charge in [-0.15, -0.1) is 0 Å². The van der Waals surface area contributed by atoms with E-state index >= 15 is 0 Å². The first-order valence-corrected chi connectivity index (χ1v) is 7.78. The lowest BCUT2D eigenvalue weighted by Crippen LogP contribution is -2.43. The number of carbonyl (C=O) groups is 3. The third kappa shape index (κ3) is 6.81. The van der Waals surface area contributed by atoms with E-state index in [-0.39, 0.29) is 6.42 Å². The molecule has 1 atom stereocenters.